The number of ether oxygens (including phenoxy) is 1. The summed E-state index contributed by atoms with van der Waals surface area (Å²) in [4.78, 5) is 24.1. The second-order valence-corrected chi connectivity index (χ2v) is 5.76. The van der Waals surface area contributed by atoms with Gasteiger partial charge in [-0.15, -0.1) is 0 Å². The molecule has 20 heavy (non-hydrogen) atoms. The van der Waals surface area contributed by atoms with Gasteiger partial charge >= 0.3 is 0 Å². The lowest BCUT2D eigenvalue weighted by atomic mass is 9.75. The van der Waals surface area contributed by atoms with Gasteiger partial charge in [-0.25, -0.2) is 0 Å². The molecule has 1 aliphatic carbocycles. The Hall–Kier alpha value is -1.64. The van der Waals surface area contributed by atoms with E-state index in [1.807, 2.05) is 18.2 Å². The number of benzene rings is 1. The molecule has 0 saturated heterocycles. The van der Waals surface area contributed by atoms with E-state index in [1.54, 1.807) is 14.0 Å². The van der Waals surface area contributed by atoms with Gasteiger partial charge in [-0.05, 0) is 49.9 Å². The summed E-state index contributed by atoms with van der Waals surface area (Å²) in [6.45, 7) is 3.68. The lowest BCUT2D eigenvalue weighted by molar-refractivity contribution is -0.117. The van der Waals surface area contributed by atoms with Crippen LogP contribution in [0, 0.1) is 5.41 Å². The molecule has 1 aromatic carbocycles. The summed E-state index contributed by atoms with van der Waals surface area (Å²) in [5.41, 5.74) is 1.49. The first kappa shape index (κ1) is 14.8. The predicted octanol–water partition coefficient (Wildman–Crippen LogP) is 3.59. The molecule has 0 amide bonds. The predicted molar refractivity (Wildman–Crippen MR) is 78.3 cm³/mol. The maximum atomic E-state index is 12.8. The zero-order valence-corrected chi connectivity index (χ0v) is 12.5. The Morgan fingerprint density at radius 1 is 1.35 bits per heavy atom. The van der Waals surface area contributed by atoms with Crippen molar-refractivity contribution in [3.05, 3.63) is 29.3 Å². The van der Waals surface area contributed by atoms with Crippen LogP contribution in [0.4, 0.5) is 0 Å². The highest BCUT2D eigenvalue weighted by molar-refractivity contribution is 6.05. The fourth-order valence-corrected chi connectivity index (χ4v) is 3.22. The number of fused-ring (bicyclic) bond motifs is 1. The first-order chi connectivity index (χ1) is 9.52. The van der Waals surface area contributed by atoms with Gasteiger partial charge in [0.2, 0.25) is 0 Å². The SMILES string of the molecule is CCC[C@@]1(CCC(C)=O)Cc2cc(OC)ccc2C1=O. The second-order valence-electron chi connectivity index (χ2n) is 5.76. The van der Waals surface area contributed by atoms with Crippen molar-refractivity contribution in [2.24, 2.45) is 5.41 Å². The van der Waals surface area contributed by atoms with Gasteiger partial charge in [-0.2, -0.15) is 0 Å². The van der Waals surface area contributed by atoms with Gasteiger partial charge in [0.15, 0.2) is 5.78 Å². The lowest BCUT2D eigenvalue weighted by Gasteiger charge is -2.26. The zero-order chi connectivity index (χ0) is 14.8. The van der Waals surface area contributed by atoms with Crippen LogP contribution in [0.25, 0.3) is 0 Å². The standard InChI is InChI=1S/C17H22O3/c1-4-8-17(9-7-12(2)18)11-13-10-14(20-3)5-6-15(13)16(17)19/h5-6,10H,4,7-9,11H2,1-3H3/t17-/m1/s1. The van der Waals surface area contributed by atoms with Gasteiger partial charge < -0.3 is 9.53 Å². The minimum atomic E-state index is -0.380. The van der Waals surface area contributed by atoms with E-state index in [-0.39, 0.29) is 17.0 Å². The summed E-state index contributed by atoms with van der Waals surface area (Å²) in [5, 5.41) is 0. The number of ketones is 2. The molecular weight excluding hydrogens is 252 g/mol. The monoisotopic (exact) mass is 274 g/mol. The maximum Gasteiger partial charge on any atom is 0.169 e. The van der Waals surface area contributed by atoms with Crippen molar-refractivity contribution in [3.63, 3.8) is 0 Å². The topological polar surface area (TPSA) is 43.4 Å². The van der Waals surface area contributed by atoms with Crippen molar-refractivity contribution in [3.8, 4) is 5.75 Å². The fourth-order valence-electron chi connectivity index (χ4n) is 3.22. The maximum absolute atomic E-state index is 12.8. The van der Waals surface area contributed by atoms with Crippen molar-refractivity contribution in [1.29, 1.82) is 0 Å². The van der Waals surface area contributed by atoms with Crippen molar-refractivity contribution >= 4 is 11.6 Å². The first-order valence-electron chi connectivity index (χ1n) is 7.23. The molecule has 1 aliphatic rings. The third kappa shape index (κ3) is 2.62. The van der Waals surface area contributed by atoms with E-state index in [2.05, 4.69) is 6.92 Å². The van der Waals surface area contributed by atoms with E-state index in [1.165, 1.54) is 0 Å². The van der Waals surface area contributed by atoms with Crippen LogP contribution in [0.3, 0.4) is 0 Å². The second kappa shape index (κ2) is 5.78. The van der Waals surface area contributed by atoms with Crippen LogP contribution in [-0.4, -0.2) is 18.7 Å². The Balaban J connectivity index is 2.32. The molecule has 0 fully saturated rings. The van der Waals surface area contributed by atoms with Crippen LogP contribution in [0.2, 0.25) is 0 Å². The molecule has 2 rings (SSSR count). The van der Waals surface area contributed by atoms with E-state index in [4.69, 9.17) is 4.74 Å². The molecular formula is C17H22O3. The summed E-state index contributed by atoms with van der Waals surface area (Å²) < 4.78 is 5.24. The summed E-state index contributed by atoms with van der Waals surface area (Å²) in [6, 6.07) is 5.66. The molecule has 0 spiro atoms. The van der Waals surface area contributed by atoms with E-state index in [9.17, 15) is 9.59 Å². The van der Waals surface area contributed by atoms with Crippen LogP contribution in [-0.2, 0) is 11.2 Å². The molecule has 3 heteroatoms. The number of carbonyl (C=O) groups excluding carboxylic acids is 2. The van der Waals surface area contributed by atoms with Crippen LogP contribution in [0.5, 0.6) is 5.75 Å². The summed E-state index contributed by atoms with van der Waals surface area (Å²) in [6.07, 6.45) is 3.67. The minimum Gasteiger partial charge on any atom is -0.497 e. The van der Waals surface area contributed by atoms with Gasteiger partial charge in [0.25, 0.3) is 0 Å². The van der Waals surface area contributed by atoms with Crippen molar-refractivity contribution in [1.82, 2.24) is 0 Å². The summed E-state index contributed by atoms with van der Waals surface area (Å²) in [7, 11) is 1.63. The third-order valence-electron chi connectivity index (χ3n) is 4.25. The smallest absolute Gasteiger partial charge is 0.169 e. The normalized spacial score (nSPS) is 20.9. The number of methoxy groups -OCH3 is 1. The summed E-state index contributed by atoms with van der Waals surface area (Å²) >= 11 is 0. The molecule has 0 unspecified atom stereocenters. The lowest BCUT2D eigenvalue weighted by Crippen LogP contribution is -2.28. The molecule has 1 atom stereocenters. The van der Waals surface area contributed by atoms with Crippen molar-refractivity contribution < 1.29 is 14.3 Å². The molecule has 0 aliphatic heterocycles. The Labute approximate surface area is 120 Å². The fraction of sp³-hybridized carbons (Fsp3) is 0.529. The third-order valence-corrected chi connectivity index (χ3v) is 4.25. The van der Waals surface area contributed by atoms with Crippen LogP contribution in [0.1, 0.15) is 55.5 Å². The first-order valence-corrected chi connectivity index (χ1v) is 7.23. The molecule has 3 nitrogen and oxygen atoms in total. The number of rotatable bonds is 6. The molecule has 0 heterocycles. The molecule has 0 bridgehead atoms. The highest BCUT2D eigenvalue weighted by Crippen LogP contribution is 2.44. The summed E-state index contributed by atoms with van der Waals surface area (Å²) in [5.74, 6) is 1.15. The zero-order valence-electron chi connectivity index (χ0n) is 12.5. The molecule has 108 valence electrons. The quantitative estimate of drug-likeness (QED) is 0.796. The Morgan fingerprint density at radius 3 is 2.70 bits per heavy atom. The van der Waals surface area contributed by atoms with E-state index in [0.29, 0.717) is 12.8 Å². The highest BCUT2D eigenvalue weighted by Gasteiger charge is 2.44. The number of Topliss-reactive ketones (excluding diaryl/α,β-unsaturated/α-hetero) is 2. The average Bonchev–Trinajstić information content (AvgIpc) is 2.70. The van der Waals surface area contributed by atoms with E-state index >= 15 is 0 Å². The van der Waals surface area contributed by atoms with E-state index in [0.717, 1.165) is 36.1 Å². The van der Waals surface area contributed by atoms with Gasteiger partial charge in [0.05, 0.1) is 7.11 Å². The Kier molecular flexibility index (Phi) is 4.26. The highest BCUT2D eigenvalue weighted by atomic mass is 16.5. The minimum absolute atomic E-state index is 0.154. The number of carbonyl (C=O) groups is 2. The van der Waals surface area contributed by atoms with Gasteiger partial charge in [0, 0.05) is 17.4 Å². The molecule has 0 aromatic heterocycles. The van der Waals surface area contributed by atoms with Crippen molar-refractivity contribution in [2.45, 2.75) is 46.0 Å². The number of hydrogen-bond donors (Lipinski definition) is 0. The molecule has 0 N–H and O–H groups in total. The van der Waals surface area contributed by atoms with Gasteiger partial charge in [0.1, 0.15) is 11.5 Å². The average molecular weight is 274 g/mol. The van der Waals surface area contributed by atoms with Crippen LogP contribution in [0.15, 0.2) is 18.2 Å². The Bertz CT molecular complexity index is 533. The van der Waals surface area contributed by atoms with Crippen molar-refractivity contribution in [2.75, 3.05) is 7.11 Å². The Morgan fingerprint density at radius 2 is 2.10 bits per heavy atom. The number of hydrogen-bond acceptors (Lipinski definition) is 3. The largest absolute Gasteiger partial charge is 0.497 e. The van der Waals surface area contributed by atoms with Gasteiger partial charge in [-0.1, -0.05) is 13.3 Å². The molecule has 0 saturated carbocycles. The molecule has 1 aromatic rings. The molecule has 0 radical (unpaired) electrons. The van der Waals surface area contributed by atoms with Crippen LogP contribution < -0.4 is 4.74 Å². The van der Waals surface area contributed by atoms with Crippen LogP contribution >= 0.6 is 0 Å². The van der Waals surface area contributed by atoms with E-state index < -0.39 is 0 Å². The van der Waals surface area contributed by atoms with Gasteiger partial charge in [-0.3, -0.25) is 4.79 Å².